The molecule has 0 unspecified atom stereocenters. The van der Waals surface area contributed by atoms with E-state index in [1.54, 1.807) is 23.1 Å². The number of amides is 1. The van der Waals surface area contributed by atoms with Gasteiger partial charge in [0, 0.05) is 16.8 Å². The number of hydrogen-bond acceptors (Lipinski definition) is 2. The van der Waals surface area contributed by atoms with Crippen LogP contribution < -0.4 is 15.1 Å². The van der Waals surface area contributed by atoms with Crippen LogP contribution in [0.1, 0.15) is 48.2 Å². The van der Waals surface area contributed by atoms with Crippen molar-refractivity contribution in [2.24, 2.45) is 0 Å². The van der Waals surface area contributed by atoms with Crippen molar-refractivity contribution in [2.45, 2.75) is 33.2 Å². The normalized spacial score (nSPS) is 19.2. The third-order valence-electron chi connectivity index (χ3n) is 5.73. The minimum absolute atomic E-state index is 0.00432. The second-order valence-corrected chi connectivity index (χ2v) is 8.44. The highest BCUT2D eigenvalue weighted by Gasteiger charge is 2.25. The maximum Gasteiger partial charge on any atom is 0.279 e. The molecule has 0 saturated carbocycles. The molecule has 154 valence electrons. The molecule has 0 atom stereocenters. The monoisotopic (exact) mass is 395 g/mol. The summed E-state index contributed by atoms with van der Waals surface area (Å²) in [6.45, 7) is 11.7. The van der Waals surface area contributed by atoms with Crippen LogP contribution in [0.25, 0.3) is 0 Å². The number of rotatable bonds is 7. The van der Waals surface area contributed by atoms with Gasteiger partial charge in [-0.1, -0.05) is 50.2 Å². The SMILES string of the molecule is CC(=O)c1cccc(NC(=O)C[NH+]2CC[NH+](Cc3ccc(C(C)C)cc3)CC2)c1. The first-order valence-corrected chi connectivity index (χ1v) is 10.6. The quantitative estimate of drug-likeness (QED) is 0.611. The number of hydrogen-bond donors (Lipinski definition) is 3. The first-order chi connectivity index (χ1) is 13.9. The fourth-order valence-electron chi connectivity index (χ4n) is 3.87. The van der Waals surface area contributed by atoms with E-state index in [0.717, 1.165) is 32.7 Å². The van der Waals surface area contributed by atoms with E-state index in [9.17, 15) is 9.59 Å². The third kappa shape index (κ3) is 6.24. The topological polar surface area (TPSA) is 55.0 Å². The lowest BCUT2D eigenvalue weighted by Gasteiger charge is -2.29. The molecule has 5 heteroatoms. The molecule has 0 aliphatic carbocycles. The maximum absolute atomic E-state index is 12.4. The number of anilines is 1. The molecule has 1 amide bonds. The molecule has 2 aromatic carbocycles. The molecule has 0 aromatic heterocycles. The molecule has 0 radical (unpaired) electrons. The molecule has 2 aromatic rings. The summed E-state index contributed by atoms with van der Waals surface area (Å²) in [6.07, 6.45) is 0. The number of ketones is 1. The van der Waals surface area contributed by atoms with Crippen molar-refractivity contribution in [3.63, 3.8) is 0 Å². The molecule has 0 bridgehead atoms. The second kappa shape index (κ2) is 9.81. The number of benzene rings is 2. The number of piperazine rings is 1. The molecule has 1 fully saturated rings. The zero-order valence-corrected chi connectivity index (χ0v) is 17.8. The minimum atomic E-state index is 0.00432. The van der Waals surface area contributed by atoms with Gasteiger partial charge >= 0.3 is 0 Å². The summed E-state index contributed by atoms with van der Waals surface area (Å²) >= 11 is 0. The molecule has 5 nitrogen and oxygen atoms in total. The fourth-order valence-corrected chi connectivity index (χ4v) is 3.87. The Morgan fingerprint density at radius 2 is 1.62 bits per heavy atom. The summed E-state index contributed by atoms with van der Waals surface area (Å²) in [4.78, 5) is 26.8. The van der Waals surface area contributed by atoms with Crippen molar-refractivity contribution in [3.05, 3.63) is 65.2 Å². The lowest BCUT2D eigenvalue weighted by molar-refractivity contribution is -1.02. The summed E-state index contributed by atoms with van der Waals surface area (Å²) in [7, 11) is 0. The Hall–Kier alpha value is -2.50. The highest BCUT2D eigenvalue weighted by molar-refractivity contribution is 5.97. The predicted molar refractivity (Wildman–Crippen MR) is 116 cm³/mol. The van der Waals surface area contributed by atoms with Gasteiger partial charge < -0.3 is 15.1 Å². The number of carbonyl (C=O) groups excluding carboxylic acids is 2. The van der Waals surface area contributed by atoms with Gasteiger partial charge in [-0.3, -0.25) is 9.59 Å². The second-order valence-electron chi connectivity index (χ2n) is 8.44. The van der Waals surface area contributed by atoms with Gasteiger partial charge in [-0.25, -0.2) is 0 Å². The molecule has 3 N–H and O–H groups in total. The van der Waals surface area contributed by atoms with Gasteiger partial charge in [-0.05, 0) is 30.5 Å². The van der Waals surface area contributed by atoms with Crippen LogP contribution in [-0.4, -0.2) is 44.4 Å². The summed E-state index contributed by atoms with van der Waals surface area (Å²) in [5.41, 5.74) is 4.08. The van der Waals surface area contributed by atoms with E-state index in [1.165, 1.54) is 23.0 Å². The van der Waals surface area contributed by atoms with Gasteiger partial charge in [0.05, 0.1) is 0 Å². The van der Waals surface area contributed by atoms with Crippen LogP contribution in [0.15, 0.2) is 48.5 Å². The van der Waals surface area contributed by atoms with Gasteiger partial charge in [0.1, 0.15) is 32.7 Å². The smallest absolute Gasteiger partial charge is 0.279 e. The molecule has 1 aliphatic rings. The molecular weight excluding hydrogens is 362 g/mol. The lowest BCUT2D eigenvalue weighted by atomic mass is 10.0. The van der Waals surface area contributed by atoms with Crippen LogP contribution >= 0.6 is 0 Å². The fraction of sp³-hybridized carbons (Fsp3) is 0.417. The molecule has 0 spiro atoms. The predicted octanol–water partition coefficient (Wildman–Crippen LogP) is 0.935. The molecule has 3 rings (SSSR count). The molecule has 1 saturated heterocycles. The van der Waals surface area contributed by atoms with Crippen molar-refractivity contribution in [3.8, 4) is 0 Å². The van der Waals surface area contributed by atoms with Crippen LogP contribution in [0.4, 0.5) is 5.69 Å². The summed E-state index contributed by atoms with van der Waals surface area (Å²) < 4.78 is 0. The van der Waals surface area contributed by atoms with Crippen LogP contribution in [0.5, 0.6) is 0 Å². The van der Waals surface area contributed by atoms with Gasteiger partial charge in [0.15, 0.2) is 12.3 Å². The first kappa shape index (κ1) is 21.2. The standard InChI is InChI=1S/C24H31N3O2/c1-18(2)21-9-7-20(8-10-21)16-26-11-13-27(14-12-26)17-24(29)25-23-6-4-5-22(15-23)19(3)28/h4-10,15,18H,11-14,16-17H2,1-3H3,(H,25,29)/p+2. The van der Waals surface area contributed by atoms with E-state index < -0.39 is 0 Å². The Balaban J connectivity index is 1.44. The van der Waals surface area contributed by atoms with Crippen LogP contribution in [0, 0.1) is 0 Å². The Bertz CT molecular complexity index is 837. The number of carbonyl (C=O) groups is 2. The van der Waals surface area contributed by atoms with Gasteiger partial charge in [0.25, 0.3) is 5.91 Å². The first-order valence-electron chi connectivity index (χ1n) is 10.6. The zero-order chi connectivity index (χ0) is 20.8. The van der Waals surface area contributed by atoms with E-state index in [4.69, 9.17) is 0 Å². The van der Waals surface area contributed by atoms with E-state index in [1.807, 2.05) is 6.07 Å². The average molecular weight is 396 g/mol. The van der Waals surface area contributed by atoms with Crippen LogP contribution in [-0.2, 0) is 11.3 Å². The molecule has 29 heavy (non-hydrogen) atoms. The van der Waals surface area contributed by atoms with Gasteiger partial charge in [-0.2, -0.15) is 0 Å². The van der Waals surface area contributed by atoms with E-state index >= 15 is 0 Å². The number of Topliss-reactive ketones (excluding diaryl/α,β-unsaturated/α-hetero) is 1. The Morgan fingerprint density at radius 1 is 0.966 bits per heavy atom. The van der Waals surface area contributed by atoms with E-state index in [-0.39, 0.29) is 11.7 Å². The average Bonchev–Trinajstić information content (AvgIpc) is 2.70. The highest BCUT2D eigenvalue weighted by atomic mass is 16.2. The van der Waals surface area contributed by atoms with Crippen molar-refractivity contribution in [2.75, 3.05) is 38.0 Å². The lowest BCUT2D eigenvalue weighted by Crippen LogP contribution is -3.28. The van der Waals surface area contributed by atoms with Gasteiger partial charge in [-0.15, -0.1) is 0 Å². The van der Waals surface area contributed by atoms with Crippen LogP contribution in [0.3, 0.4) is 0 Å². The van der Waals surface area contributed by atoms with E-state index in [2.05, 4.69) is 43.4 Å². The van der Waals surface area contributed by atoms with Crippen molar-refractivity contribution in [1.29, 1.82) is 0 Å². The Labute approximate surface area is 173 Å². The van der Waals surface area contributed by atoms with Crippen molar-refractivity contribution >= 4 is 17.4 Å². The van der Waals surface area contributed by atoms with Gasteiger partial charge in [0.2, 0.25) is 0 Å². The minimum Gasteiger partial charge on any atom is -0.322 e. The largest absolute Gasteiger partial charge is 0.322 e. The molecule has 1 aliphatic heterocycles. The summed E-state index contributed by atoms with van der Waals surface area (Å²) in [5, 5.41) is 2.93. The van der Waals surface area contributed by atoms with E-state index in [0.29, 0.717) is 23.7 Å². The zero-order valence-electron chi connectivity index (χ0n) is 17.8. The van der Waals surface area contributed by atoms with Crippen molar-refractivity contribution < 1.29 is 19.4 Å². The van der Waals surface area contributed by atoms with Crippen molar-refractivity contribution in [1.82, 2.24) is 0 Å². The molecule has 1 heterocycles. The summed E-state index contributed by atoms with van der Waals surface area (Å²) in [6, 6.07) is 16.1. The maximum atomic E-state index is 12.4. The molecular formula is C24H33N3O2+2. The van der Waals surface area contributed by atoms with Crippen LogP contribution in [0.2, 0.25) is 0 Å². The third-order valence-corrected chi connectivity index (χ3v) is 5.73. The Morgan fingerprint density at radius 3 is 2.24 bits per heavy atom. The number of nitrogens with one attached hydrogen (secondary N) is 3. The summed E-state index contributed by atoms with van der Waals surface area (Å²) in [5.74, 6) is 0.581. The Kier molecular flexibility index (Phi) is 7.18. The highest BCUT2D eigenvalue weighted by Crippen LogP contribution is 2.14. The number of quaternary nitrogens is 2.